The largest absolute Gasteiger partial charge is 0.367 e. The van der Waals surface area contributed by atoms with Crippen LogP contribution < -0.4 is 15.1 Å². The molecule has 0 radical (unpaired) electrons. The van der Waals surface area contributed by atoms with Crippen molar-refractivity contribution >= 4 is 34.3 Å². The number of fused-ring (bicyclic) bond motifs is 1. The predicted octanol–water partition coefficient (Wildman–Crippen LogP) is 2.72. The first kappa shape index (κ1) is 20.3. The molecule has 3 fully saturated rings. The highest BCUT2D eigenvalue weighted by Gasteiger charge is 2.29. The van der Waals surface area contributed by atoms with E-state index in [1.165, 1.54) is 44.3 Å². The molecule has 1 aromatic carbocycles. The zero-order valence-corrected chi connectivity index (χ0v) is 18.3. The molecule has 8 nitrogen and oxygen atoms in total. The second-order valence-corrected chi connectivity index (χ2v) is 9.17. The van der Waals surface area contributed by atoms with Crippen LogP contribution in [0, 0.1) is 5.92 Å². The van der Waals surface area contributed by atoms with Crippen molar-refractivity contribution in [2.45, 2.75) is 38.5 Å². The molecule has 8 heteroatoms. The number of piperazine rings is 1. The van der Waals surface area contributed by atoms with Gasteiger partial charge in [-0.15, -0.1) is 0 Å². The fraction of sp³-hybridized carbons (Fsp3) is 0.609. The number of hydrogen-bond acceptors (Lipinski definition) is 5. The first-order valence-electron chi connectivity index (χ1n) is 11.6. The van der Waals surface area contributed by atoms with Crippen molar-refractivity contribution in [1.29, 1.82) is 0 Å². The fourth-order valence-corrected chi connectivity index (χ4v) is 5.42. The van der Waals surface area contributed by atoms with E-state index in [9.17, 15) is 9.59 Å². The maximum Gasteiger partial charge on any atom is 0.329 e. The number of imide groups is 1. The number of amides is 3. The summed E-state index contributed by atoms with van der Waals surface area (Å²) in [6.45, 7) is 5.80. The minimum Gasteiger partial charge on any atom is -0.367 e. The number of para-hydroxylation sites is 1. The van der Waals surface area contributed by atoms with Gasteiger partial charge in [-0.25, -0.2) is 4.79 Å². The first-order chi connectivity index (χ1) is 15.1. The Bertz CT molecular complexity index is 972. The molecule has 0 unspecified atom stereocenters. The summed E-state index contributed by atoms with van der Waals surface area (Å²) < 4.78 is 1.87. The number of carbonyl (C=O) groups is 2. The molecule has 3 heterocycles. The zero-order valence-electron chi connectivity index (χ0n) is 18.3. The highest BCUT2D eigenvalue weighted by molar-refractivity contribution is 6.10. The molecular weight excluding hydrogens is 392 g/mol. The molecular formula is C23H32N6O2. The van der Waals surface area contributed by atoms with E-state index in [1.54, 1.807) is 4.90 Å². The summed E-state index contributed by atoms with van der Waals surface area (Å²) in [5.74, 6) is 1.28. The molecule has 2 saturated heterocycles. The van der Waals surface area contributed by atoms with Gasteiger partial charge in [-0.1, -0.05) is 25.3 Å². The molecule has 3 amide bonds. The van der Waals surface area contributed by atoms with Crippen LogP contribution in [0.3, 0.4) is 0 Å². The van der Waals surface area contributed by atoms with Gasteiger partial charge in [0.1, 0.15) is 0 Å². The van der Waals surface area contributed by atoms with Crippen molar-refractivity contribution in [2.24, 2.45) is 13.0 Å². The van der Waals surface area contributed by atoms with Crippen LogP contribution in [0.2, 0.25) is 0 Å². The van der Waals surface area contributed by atoms with Crippen LogP contribution in [-0.4, -0.2) is 65.9 Å². The molecule has 2 aliphatic heterocycles. The summed E-state index contributed by atoms with van der Waals surface area (Å²) >= 11 is 0. The lowest BCUT2D eigenvalue weighted by molar-refractivity contribution is -0.120. The van der Waals surface area contributed by atoms with Crippen molar-refractivity contribution in [2.75, 3.05) is 49.1 Å². The number of nitrogens with one attached hydrogen (secondary N) is 1. The maximum absolute atomic E-state index is 12.4. The number of benzene rings is 1. The number of rotatable bonds is 4. The molecule has 1 aromatic heterocycles. The van der Waals surface area contributed by atoms with E-state index in [0.29, 0.717) is 18.8 Å². The minimum atomic E-state index is -0.391. The van der Waals surface area contributed by atoms with E-state index in [1.807, 2.05) is 23.9 Å². The lowest BCUT2D eigenvalue weighted by atomic mass is 9.89. The number of anilines is 2. The Morgan fingerprint density at radius 2 is 1.81 bits per heavy atom. The molecule has 0 bridgehead atoms. The van der Waals surface area contributed by atoms with E-state index in [4.69, 9.17) is 0 Å². The molecule has 166 valence electrons. The summed E-state index contributed by atoms with van der Waals surface area (Å²) in [4.78, 5) is 30.6. The van der Waals surface area contributed by atoms with Crippen LogP contribution in [0.25, 0.3) is 10.9 Å². The van der Waals surface area contributed by atoms with Gasteiger partial charge in [-0.2, -0.15) is 5.10 Å². The smallest absolute Gasteiger partial charge is 0.329 e. The van der Waals surface area contributed by atoms with Gasteiger partial charge < -0.3 is 4.90 Å². The van der Waals surface area contributed by atoms with Crippen molar-refractivity contribution < 1.29 is 9.59 Å². The lowest BCUT2D eigenvalue weighted by Gasteiger charge is -2.38. The third-order valence-corrected chi connectivity index (χ3v) is 7.09. The number of aromatic nitrogens is 2. The lowest BCUT2D eigenvalue weighted by Crippen LogP contribution is -2.49. The van der Waals surface area contributed by atoms with E-state index in [0.717, 1.165) is 43.0 Å². The van der Waals surface area contributed by atoms with Crippen molar-refractivity contribution in [1.82, 2.24) is 20.0 Å². The Hall–Kier alpha value is -2.61. The second kappa shape index (κ2) is 8.49. The van der Waals surface area contributed by atoms with Crippen molar-refractivity contribution in [3.05, 3.63) is 18.2 Å². The Labute approximate surface area is 183 Å². The van der Waals surface area contributed by atoms with Gasteiger partial charge in [0.25, 0.3) is 0 Å². The Balaban J connectivity index is 1.33. The van der Waals surface area contributed by atoms with Gasteiger partial charge in [0.05, 0.1) is 11.2 Å². The van der Waals surface area contributed by atoms with E-state index >= 15 is 0 Å². The van der Waals surface area contributed by atoms with Crippen LogP contribution in [-0.2, 0) is 11.8 Å². The van der Waals surface area contributed by atoms with Gasteiger partial charge in [0.15, 0.2) is 5.82 Å². The fourth-order valence-electron chi connectivity index (χ4n) is 5.42. The third kappa shape index (κ3) is 4.01. The SMILES string of the molecule is Cn1nc(N2CCC(=O)NC2=O)c2cccc(N3CCN(CC4CCCCC4)CC3)c21. The summed E-state index contributed by atoms with van der Waals surface area (Å²) in [7, 11) is 1.93. The summed E-state index contributed by atoms with van der Waals surface area (Å²) in [6.07, 6.45) is 7.31. The van der Waals surface area contributed by atoms with Crippen LogP contribution in [0.4, 0.5) is 16.3 Å². The Morgan fingerprint density at radius 1 is 1.03 bits per heavy atom. The van der Waals surface area contributed by atoms with Gasteiger partial charge >= 0.3 is 6.03 Å². The highest BCUT2D eigenvalue weighted by Crippen LogP contribution is 2.34. The van der Waals surface area contributed by atoms with Crippen LogP contribution >= 0.6 is 0 Å². The normalized spacial score (nSPS) is 21.7. The molecule has 1 aliphatic carbocycles. The van der Waals surface area contributed by atoms with Gasteiger partial charge in [-0.3, -0.25) is 24.6 Å². The van der Waals surface area contributed by atoms with E-state index < -0.39 is 6.03 Å². The molecule has 1 saturated carbocycles. The maximum atomic E-state index is 12.4. The quantitative estimate of drug-likeness (QED) is 0.817. The second-order valence-electron chi connectivity index (χ2n) is 9.17. The monoisotopic (exact) mass is 424 g/mol. The van der Waals surface area contributed by atoms with Crippen molar-refractivity contribution in [3.63, 3.8) is 0 Å². The van der Waals surface area contributed by atoms with Crippen LogP contribution in [0.15, 0.2) is 18.2 Å². The van der Waals surface area contributed by atoms with Crippen LogP contribution in [0.1, 0.15) is 38.5 Å². The van der Waals surface area contributed by atoms with Gasteiger partial charge in [0.2, 0.25) is 5.91 Å². The standard InChI is InChI=1S/C23H32N6O2/c1-26-21-18(22(25-26)29-11-10-20(30)24-23(29)31)8-5-9-19(21)28-14-12-27(13-15-28)16-17-6-3-2-4-7-17/h5,8-9,17H,2-4,6-7,10-16H2,1H3,(H,24,30,31). The van der Waals surface area contributed by atoms with Gasteiger partial charge in [-0.05, 0) is 30.9 Å². The molecule has 1 N–H and O–H groups in total. The zero-order chi connectivity index (χ0) is 21.4. The molecule has 2 aromatic rings. The molecule has 5 rings (SSSR count). The number of nitrogens with zero attached hydrogens (tertiary/aromatic N) is 5. The third-order valence-electron chi connectivity index (χ3n) is 7.09. The average Bonchev–Trinajstić information content (AvgIpc) is 3.12. The summed E-state index contributed by atoms with van der Waals surface area (Å²) in [5, 5.41) is 8.02. The highest BCUT2D eigenvalue weighted by atomic mass is 16.2. The van der Waals surface area contributed by atoms with Gasteiger partial charge in [0, 0.05) is 58.1 Å². The van der Waals surface area contributed by atoms with E-state index in [-0.39, 0.29) is 5.91 Å². The average molecular weight is 425 g/mol. The molecule has 0 atom stereocenters. The van der Waals surface area contributed by atoms with E-state index in [2.05, 4.69) is 26.3 Å². The molecule has 31 heavy (non-hydrogen) atoms. The summed E-state index contributed by atoms with van der Waals surface area (Å²) in [5.41, 5.74) is 2.22. The summed E-state index contributed by atoms with van der Waals surface area (Å²) in [6, 6.07) is 5.83. The Kier molecular flexibility index (Phi) is 5.56. The number of urea groups is 1. The number of aryl methyl sites for hydroxylation is 1. The molecule has 3 aliphatic rings. The first-order valence-corrected chi connectivity index (χ1v) is 11.6. The number of hydrogen-bond donors (Lipinski definition) is 1. The van der Waals surface area contributed by atoms with Crippen LogP contribution in [0.5, 0.6) is 0 Å². The molecule has 0 spiro atoms. The number of carbonyl (C=O) groups excluding carboxylic acids is 2. The topological polar surface area (TPSA) is 73.7 Å². The van der Waals surface area contributed by atoms with Crippen molar-refractivity contribution in [3.8, 4) is 0 Å². The Morgan fingerprint density at radius 3 is 2.55 bits per heavy atom. The minimum absolute atomic E-state index is 0.228. The predicted molar refractivity (Wildman–Crippen MR) is 121 cm³/mol.